The van der Waals surface area contributed by atoms with Crippen molar-refractivity contribution in [2.75, 3.05) is 6.61 Å². The van der Waals surface area contributed by atoms with Crippen molar-refractivity contribution >= 4 is 10.2 Å². The molecule has 0 bridgehead atoms. The summed E-state index contributed by atoms with van der Waals surface area (Å²) in [4.78, 5) is 0. The third-order valence-electron chi connectivity index (χ3n) is 2.72. The first-order valence-electron chi connectivity index (χ1n) is 5.12. The first-order chi connectivity index (χ1) is 6.41. The van der Waals surface area contributed by atoms with E-state index in [1.807, 2.05) is 0 Å². The molecule has 1 saturated heterocycles. The molecular formula is C9H17F3OSi. The maximum absolute atomic E-state index is 11.9. The predicted molar refractivity (Wildman–Crippen MR) is 52.4 cm³/mol. The molecule has 1 aliphatic heterocycles. The molecule has 14 heavy (non-hydrogen) atoms. The molecule has 0 N–H and O–H groups in total. The average molecular weight is 226 g/mol. The molecule has 0 aromatic rings. The second kappa shape index (κ2) is 4.66. The van der Waals surface area contributed by atoms with Gasteiger partial charge in [-0.15, -0.1) is 0 Å². The summed E-state index contributed by atoms with van der Waals surface area (Å²) in [5.74, 6) is 0. The van der Waals surface area contributed by atoms with Gasteiger partial charge in [0.1, 0.15) is 0 Å². The summed E-state index contributed by atoms with van der Waals surface area (Å²) in [6.07, 6.45) is -0.755. The van der Waals surface area contributed by atoms with Gasteiger partial charge in [-0.3, -0.25) is 0 Å². The van der Waals surface area contributed by atoms with Crippen LogP contribution in [0.15, 0.2) is 0 Å². The van der Waals surface area contributed by atoms with Crippen LogP contribution in [0.1, 0.15) is 38.5 Å². The summed E-state index contributed by atoms with van der Waals surface area (Å²) in [6, 6.07) is 0. The molecule has 1 atom stereocenters. The van der Waals surface area contributed by atoms with E-state index in [-0.39, 0.29) is 11.6 Å². The fourth-order valence-electron chi connectivity index (χ4n) is 1.85. The van der Waals surface area contributed by atoms with Crippen LogP contribution in [-0.2, 0) is 4.74 Å². The van der Waals surface area contributed by atoms with Crippen LogP contribution in [0.2, 0.25) is 0 Å². The van der Waals surface area contributed by atoms with E-state index in [4.69, 9.17) is 4.74 Å². The number of hydrogen-bond donors (Lipinski definition) is 0. The van der Waals surface area contributed by atoms with E-state index >= 15 is 0 Å². The summed E-state index contributed by atoms with van der Waals surface area (Å²) < 4.78 is 41.3. The molecule has 0 aromatic carbocycles. The Hall–Kier alpha value is -0.0331. The van der Waals surface area contributed by atoms with Crippen molar-refractivity contribution in [2.24, 2.45) is 0 Å². The van der Waals surface area contributed by atoms with Crippen LogP contribution >= 0.6 is 0 Å². The zero-order valence-electron chi connectivity index (χ0n) is 8.49. The molecule has 1 nitrogen and oxygen atoms in total. The number of rotatable bonds is 3. The summed E-state index contributed by atoms with van der Waals surface area (Å²) in [6.45, 7) is 0.732. The highest BCUT2D eigenvalue weighted by Crippen LogP contribution is 2.30. The van der Waals surface area contributed by atoms with Crippen LogP contribution in [0.4, 0.5) is 13.2 Å². The number of halogens is 3. The van der Waals surface area contributed by atoms with E-state index in [1.54, 1.807) is 0 Å². The van der Waals surface area contributed by atoms with Gasteiger partial charge < -0.3 is 4.74 Å². The lowest BCUT2D eigenvalue weighted by Gasteiger charge is -2.34. The molecule has 0 amide bonds. The standard InChI is InChI=1S/C9H17F3OSi/c10-9(11,12)6-3-5-8(14)4-1-2-7-13-8/h1-7H2,14H3. The van der Waals surface area contributed by atoms with Gasteiger partial charge in [0.2, 0.25) is 0 Å². The van der Waals surface area contributed by atoms with Crippen LogP contribution < -0.4 is 0 Å². The van der Waals surface area contributed by atoms with Crippen molar-refractivity contribution in [1.82, 2.24) is 0 Å². The van der Waals surface area contributed by atoms with Crippen LogP contribution in [0.3, 0.4) is 0 Å². The number of ether oxygens (including phenoxy) is 1. The second-order valence-electron chi connectivity index (χ2n) is 4.22. The minimum absolute atomic E-state index is 0.163. The summed E-state index contributed by atoms with van der Waals surface area (Å²) >= 11 is 0. The Labute approximate surface area is 85.4 Å². The molecule has 1 rings (SSSR count). The molecule has 1 unspecified atom stereocenters. The molecule has 0 aromatic heterocycles. The summed E-state index contributed by atoms with van der Waals surface area (Å²) in [5, 5.41) is -0.163. The lowest BCUT2D eigenvalue weighted by atomic mass is 10.0. The highest BCUT2D eigenvalue weighted by Gasteiger charge is 2.31. The van der Waals surface area contributed by atoms with E-state index in [2.05, 4.69) is 0 Å². The largest absolute Gasteiger partial charge is 0.389 e. The molecule has 0 saturated carbocycles. The maximum Gasteiger partial charge on any atom is 0.389 e. The van der Waals surface area contributed by atoms with Gasteiger partial charge in [-0.25, -0.2) is 0 Å². The van der Waals surface area contributed by atoms with Crippen molar-refractivity contribution < 1.29 is 17.9 Å². The smallest absolute Gasteiger partial charge is 0.380 e. The van der Waals surface area contributed by atoms with Gasteiger partial charge in [0.15, 0.2) is 0 Å². The normalized spacial score (nSPS) is 29.4. The van der Waals surface area contributed by atoms with Crippen molar-refractivity contribution in [1.29, 1.82) is 0 Å². The topological polar surface area (TPSA) is 9.23 Å². The third-order valence-corrected chi connectivity index (χ3v) is 4.01. The molecule has 0 spiro atoms. The van der Waals surface area contributed by atoms with Crippen molar-refractivity contribution in [3.63, 3.8) is 0 Å². The van der Waals surface area contributed by atoms with Gasteiger partial charge >= 0.3 is 6.18 Å². The fraction of sp³-hybridized carbons (Fsp3) is 1.00. The molecule has 0 aliphatic carbocycles. The molecule has 1 aliphatic rings. The molecule has 1 heterocycles. The second-order valence-corrected chi connectivity index (χ2v) is 6.05. The lowest BCUT2D eigenvalue weighted by molar-refractivity contribution is -0.138. The Kier molecular flexibility index (Phi) is 4.01. The molecule has 1 fully saturated rings. The van der Waals surface area contributed by atoms with Gasteiger partial charge in [0, 0.05) is 28.5 Å². The van der Waals surface area contributed by atoms with Gasteiger partial charge in [-0.2, -0.15) is 13.2 Å². The van der Waals surface area contributed by atoms with E-state index in [0.717, 1.165) is 36.1 Å². The van der Waals surface area contributed by atoms with Gasteiger partial charge in [0.25, 0.3) is 0 Å². The summed E-state index contributed by atoms with van der Waals surface area (Å²) in [5.41, 5.74) is 0. The van der Waals surface area contributed by atoms with Crippen molar-refractivity contribution in [2.45, 2.75) is 49.9 Å². The molecule has 0 radical (unpaired) electrons. The quantitative estimate of drug-likeness (QED) is 0.669. The minimum Gasteiger partial charge on any atom is -0.380 e. The van der Waals surface area contributed by atoms with Crippen molar-refractivity contribution in [3.8, 4) is 0 Å². The van der Waals surface area contributed by atoms with Gasteiger partial charge in [0.05, 0.1) is 0 Å². The molecule has 84 valence electrons. The maximum atomic E-state index is 11.9. The Morgan fingerprint density at radius 1 is 1.29 bits per heavy atom. The lowest BCUT2D eigenvalue weighted by Crippen LogP contribution is -2.36. The Balaban J connectivity index is 2.22. The van der Waals surface area contributed by atoms with Crippen LogP contribution in [-0.4, -0.2) is 28.2 Å². The first-order valence-corrected chi connectivity index (χ1v) is 6.12. The van der Waals surface area contributed by atoms with Crippen LogP contribution in [0.5, 0.6) is 0 Å². The first kappa shape index (κ1) is 12.0. The van der Waals surface area contributed by atoms with Crippen LogP contribution in [0.25, 0.3) is 0 Å². The molecular weight excluding hydrogens is 209 g/mol. The minimum atomic E-state index is -4.01. The zero-order chi connectivity index (χ0) is 10.7. The zero-order valence-corrected chi connectivity index (χ0v) is 10.5. The van der Waals surface area contributed by atoms with Gasteiger partial charge in [-0.1, -0.05) is 0 Å². The van der Waals surface area contributed by atoms with Gasteiger partial charge in [-0.05, 0) is 32.1 Å². The highest BCUT2D eigenvalue weighted by molar-refractivity contribution is 6.14. The fourth-order valence-corrected chi connectivity index (χ4v) is 2.76. The number of alkyl halides is 3. The highest BCUT2D eigenvalue weighted by atomic mass is 28.1. The van der Waals surface area contributed by atoms with E-state index in [1.165, 1.54) is 0 Å². The third kappa shape index (κ3) is 4.46. The SMILES string of the molecule is FC(F)(F)CCCC1([SiH3])CCCCO1. The van der Waals surface area contributed by atoms with E-state index in [0.29, 0.717) is 6.42 Å². The summed E-state index contributed by atoms with van der Waals surface area (Å²) in [7, 11) is 0.841. The number of hydrogen-bond acceptors (Lipinski definition) is 1. The molecule has 5 heteroatoms. The average Bonchev–Trinajstić information content (AvgIpc) is 2.02. The van der Waals surface area contributed by atoms with Crippen LogP contribution in [0, 0.1) is 0 Å². The Bertz CT molecular complexity index is 175. The monoisotopic (exact) mass is 226 g/mol. The Morgan fingerprint density at radius 3 is 2.50 bits per heavy atom. The van der Waals surface area contributed by atoms with E-state index < -0.39 is 12.6 Å². The van der Waals surface area contributed by atoms with E-state index in [9.17, 15) is 13.2 Å². The van der Waals surface area contributed by atoms with Crippen molar-refractivity contribution in [3.05, 3.63) is 0 Å². The Morgan fingerprint density at radius 2 is 2.00 bits per heavy atom. The predicted octanol–water partition coefficient (Wildman–Crippen LogP) is 1.98.